The molecule has 2 aromatic carbocycles. The summed E-state index contributed by atoms with van der Waals surface area (Å²) in [6.45, 7) is 10.5. The summed E-state index contributed by atoms with van der Waals surface area (Å²) in [4.78, 5) is 53.9. The number of aryl methyl sites for hydroxylation is 1. The molecule has 11 nitrogen and oxygen atoms in total. The molecule has 0 saturated carbocycles. The van der Waals surface area contributed by atoms with E-state index < -0.39 is 60.3 Å². The molecule has 0 fully saturated rings. The number of aliphatic hydroxyl groups is 1. The van der Waals surface area contributed by atoms with E-state index in [-0.39, 0.29) is 18.7 Å². The van der Waals surface area contributed by atoms with E-state index in [0.717, 1.165) is 10.5 Å². The lowest BCUT2D eigenvalue weighted by Crippen LogP contribution is -2.52. The summed E-state index contributed by atoms with van der Waals surface area (Å²) in [5.74, 6) is -2.07. The molecule has 0 radical (unpaired) electrons. The highest BCUT2D eigenvalue weighted by Crippen LogP contribution is 2.27. The molecule has 0 spiro atoms. The Kier molecular flexibility index (Phi) is 11.9. The smallest absolute Gasteiger partial charge is 0.408 e. The predicted molar refractivity (Wildman–Crippen MR) is 157 cm³/mol. The summed E-state index contributed by atoms with van der Waals surface area (Å²) >= 11 is 0. The minimum absolute atomic E-state index is 0.0137. The summed E-state index contributed by atoms with van der Waals surface area (Å²) < 4.78 is 10.8. The van der Waals surface area contributed by atoms with Crippen molar-refractivity contribution in [1.82, 2.24) is 15.5 Å². The number of nitrogens with one attached hydrogen (secondary N) is 2. The molecule has 0 aromatic heterocycles. The summed E-state index contributed by atoms with van der Waals surface area (Å²) in [5.41, 5.74) is -0.0721. The zero-order valence-electron chi connectivity index (χ0n) is 25.4. The van der Waals surface area contributed by atoms with Gasteiger partial charge in [-0.2, -0.15) is 0 Å². The van der Waals surface area contributed by atoms with Crippen molar-refractivity contribution < 1.29 is 38.9 Å². The van der Waals surface area contributed by atoms with Crippen molar-refractivity contribution in [2.75, 3.05) is 19.7 Å². The Morgan fingerprint density at radius 1 is 0.929 bits per heavy atom. The second-order valence-corrected chi connectivity index (χ2v) is 11.9. The van der Waals surface area contributed by atoms with Crippen LogP contribution in [0, 0.1) is 6.92 Å². The predicted octanol–water partition coefficient (Wildman–Crippen LogP) is 3.16. The third-order valence-corrected chi connectivity index (χ3v) is 5.83. The SMILES string of the molecule is Cc1cc(C(C(=O)NC(Cc2ccccc2)C(=O)OC(C)(C)C)N(CCO)C(=O)CNC(=O)OC(C)(C)C)ccc1O. The third-order valence-electron chi connectivity index (χ3n) is 5.83. The van der Waals surface area contributed by atoms with E-state index in [2.05, 4.69) is 10.6 Å². The number of esters is 1. The normalized spacial score (nSPS) is 13.0. The van der Waals surface area contributed by atoms with Gasteiger partial charge in [0, 0.05) is 13.0 Å². The van der Waals surface area contributed by atoms with Crippen molar-refractivity contribution in [2.45, 2.75) is 78.2 Å². The highest BCUT2D eigenvalue weighted by Gasteiger charge is 2.35. The van der Waals surface area contributed by atoms with Crippen molar-refractivity contribution in [3.05, 3.63) is 65.2 Å². The summed E-state index contributed by atoms with van der Waals surface area (Å²) in [5, 5.41) is 25.1. The van der Waals surface area contributed by atoms with E-state index in [0.29, 0.717) is 11.1 Å². The molecular weight excluding hydrogens is 542 g/mol. The number of hydrogen-bond acceptors (Lipinski definition) is 8. The second kappa shape index (κ2) is 14.7. The Morgan fingerprint density at radius 3 is 2.10 bits per heavy atom. The number of aliphatic hydroxyl groups excluding tert-OH is 1. The molecule has 2 atom stereocenters. The van der Waals surface area contributed by atoms with E-state index in [1.54, 1.807) is 48.5 Å². The van der Waals surface area contributed by atoms with Crippen LogP contribution < -0.4 is 10.6 Å². The Bertz CT molecular complexity index is 1230. The van der Waals surface area contributed by atoms with Crippen LogP contribution in [0.25, 0.3) is 0 Å². The fraction of sp³-hybridized carbons (Fsp3) is 0.484. The summed E-state index contributed by atoms with van der Waals surface area (Å²) in [6.07, 6.45) is -0.703. The van der Waals surface area contributed by atoms with Crippen LogP contribution in [0.3, 0.4) is 0 Å². The van der Waals surface area contributed by atoms with Gasteiger partial charge in [-0.05, 0) is 77.3 Å². The number of ether oxygens (including phenoxy) is 2. The van der Waals surface area contributed by atoms with Gasteiger partial charge in [-0.25, -0.2) is 9.59 Å². The molecule has 11 heteroatoms. The van der Waals surface area contributed by atoms with Gasteiger partial charge in [0.25, 0.3) is 0 Å². The molecule has 0 aliphatic carbocycles. The maximum absolute atomic E-state index is 14.0. The third kappa shape index (κ3) is 11.0. The number of carbonyl (C=O) groups excluding carboxylic acids is 4. The number of alkyl carbamates (subject to hydrolysis) is 1. The zero-order valence-corrected chi connectivity index (χ0v) is 25.4. The van der Waals surface area contributed by atoms with Crippen molar-refractivity contribution in [3.63, 3.8) is 0 Å². The molecule has 0 bridgehead atoms. The molecule has 42 heavy (non-hydrogen) atoms. The number of hydrogen-bond donors (Lipinski definition) is 4. The largest absolute Gasteiger partial charge is 0.508 e. The van der Waals surface area contributed by atoms with Gasteiger partial charge in [0.1, 0.15) is 35.6 Å². The van der Waals surface area contributed by atoms with Gasteiger partial charge in [0.05, 0.1) is 6.61 Å². The first-order valence-electron chi connectivity index (χ1n) is 13.7. The highest BCUT2D eigenvalue weighted by molar-refractivity contribution is 5.93. The van der Waals surface area contributed by atoms with Crippen LogP contribution in [0.1, 0.15) is 64.3 Å². The van der Waals surface area contributed by atoms with Gasteiger partial charge in [-0.15, -0.1) is 0 Å². The monoisotopic (exact) mass is 585 g/mol. The number of carbonyl (C=O) groups is 4. The van der Waals surface area contributed by atoms with Crippen molar-refractivity contribution in [1.29, 1.82) is 0 Å². The molecule has 2 aromatic rings. The fourth-order valence-electron chi connectivity index (χ4n) is 4.06. The fourth-order valence-corrected chi connectivity index (χ4v) is 4.06. The van der Waals surface area contributed by atoms with Crippen molar-refractivity contribution in [2.24, 2.45) is 0 Å². The zero-order chi connectivity index (χ0) is 31.7. The number of nitrogens with zero attached hydrogens (tertiary/aromatic N) is 1. The lowest BCUT2D eigenvalue weighted by atomic mass is 9.99. The minimum Gasteiger partial charge on any atom is -0.508 e. The number of phenols is 1. The lowest BCUT2D eigenvalue weighted by molar-refractivity contribution is -0.159. The Hall–Kier alpha value is -4.12. The molecule has 2 rings (SSSR count). The van der Waals surface area contributed by atoms with Gasteiger partial charge >= 0.3 is 12.1 Å². The van der Waals surface area contributed by atoms with Crippen LogP contribution in [-0.4, -0.2) is 75.9 Å². The van der Waals surface area contributed by atoms with Crippen molar-refractivity contribution >= 4 is 23.9 Å². The van der Waals surface area contributed by atoms with Gasteiger partial charge < -0.3 is 35.2 Å². The van der Waals surface area contributed by atoms with Crippen molar-refractivity contribution in [3.8, 4) is 5.75 Å². The molecule has 0 heterocycles. The molecule has 3 amide bonds. The van der Waals surface area contributed by atoms with Crippen LogP contribution in [0.5, 0.6) is 5.75 Å². The Labute approximate surface area is 247 Å². The second-order valence-electron chi connectivity index (χ2n) is 11.9. The van der Waals surface area contributed by atoms with Crippen LogP contribution in [-0.2, 0) is 30.3 Å². The van der Waals surface area contributed by atoms with E-state index in [9.17, 15) is 29.4 Å². The average Bonchev–Trinajstić information content (AvgIpc) is 2.87. The maximum Gasteiger partial charge on any atom is 0.408 e. The minimum atomic E-state index is -1.33. The average molecular weight is 586 g/mol. The van der Waals surface area contributed by atoms with Crippen LogP contribution in [0.2, 0.25) is 0 Å². The highest BCUT2D eigenvalue weighted by atomic mass is 16.6. The summed E-state index contributed by atoms with van der Waals surface area (Å²) in [7, 11) is 0. The molecule has 0 aliphatic rings. The van der Waals surface area contributed by atoms with Gasteiger partial charge in [-0.3, -0.25) is 9.59 Å². The maximum atomic E-state index is 14.0. The topological polar surface area (TPSA) is 154 Å². The van der Waals surface area contributed by atoms with E-state index in [1.165, 1.54) is 18.2 Å². The van der Waals surface area contributed by atoms with Gasteiger partial charge in [0.15, 0.2) is 0 Å². The number of rotatable bonds is 11. The van der Waals surface area contributed by atoms with Gasteiger partial charge in [-0.1, -0.05) is 36.4 Å². The van der Waals surface area contributed by atoms with Crippen LogP contribution >= 0.6 is 0 Å². The number of benzene rings is 2. The first-order valence-corrected chi connectivity index (χ1v) is 13.7. The van der Waals surface area contributed by atoms with E-state index >= 15 is 0 Å². The standard InChI is InChI=1S/C31H43N3O8/c1-20-17-22(13-14-24(20)36)26(34(15-16-35)25(37)19-32-29(40)42-31(5,6)7)27(38)33-23(28(39)41-30(2,3)4)18-21-11-9-8-10-12-21/h8-14,17,23,26,35-36H,15-16,18-19H2,1-7H3,(H,32,40)(H,33,38). The molecule has 0 saturated heterocycles. The summed E-state index contributed by atoms with van der Waals surface area (Å²) in [6, 6.07) is 11.1. The molecular formula is C31H43N3O8. The number of phenolic OH excluding ortho intramolecular Hbond substituents is 1. The van der Waals surface area contributed by atoms with E-state index in [1.807, 2.05) is 30.3 Å². The number of amides is 3. The van der Waals surface area contributed by atoms with E-state index in [4.69, 9.17) is 9.47 Å². The molecule has 4 N–H and O–H groups in total. The molecule has 0 aliphatic heterocycles. The first kappa shape index (κ1) is 34.1. The quantitative estimate of drug-likeness (QED) is 0.293. The van der Waals surface area contributed by atoms with Gasteiger partial charge in [0.2, 0.25) is 11.8 Å². The first-order chi connectivity index (χ1) is 19.5. The molecule has 2 unspecified atom stereocenters. The number of aromatic hydroxyl groups is 1. The van der Waals surface area contributed by atoms with Crippen LogP contribution in [0.4, 0.5) is 4.79 Å². The lowest BCUT2D eigenvalue weighted by Gasteiger charge is -2.33. The molecule has 230 valence electrons. The van der Waals surface area contributed by atoms with Crippen LogP contribution in [0.15, 0.2) is 48.5 Å². The Balaban J connectivity index is 2.46. The Morgan fingerprint density at radius 2 is 1.55 bits per heavy atom.